The highest BCUT2D eigenvalue weighted by molar-refractivity contribution is 6.62. The first-order valence-corrected chi connectivity index (χ1v) is 8.42. The van der Waals surface area contributed by atoms with E-state index in [1.807, 2.05) is 18.2 Å². The summed E-state index contributed by atoms with van der Waals surface area (Å²) in [5.74, 6) is 0. The second kappa shape index (κ2) is 6.43. The first-order chi connectivity index (χ1) is 10.8. The number of benzene rings is 1. The predicted octanol–water partition coefficient (Wildman–Crippen LogP) is 3.22. The number of nitrogens with zero attached hydrogens (tertiary/aromatic N) is 2. The second-order valence-electron chi connectivity index (χ2n) is 7.16. The zero-order valence-electron chi connectivity index (χ0n) is 15.6. The summed E-state index contributed by atoms with van der Waals surface area (Å²) in [7, 11) is -0.359. The van der Waals surface area contributed by atoms with Crippen LogP contribution < -0.4 is 11.6 Å². The minimum Gasteiger partial charge on any atom is -0.399 e. The van der Waals surface area contributed by atoms with Crippen LogP contribution in [0.5, 0.6) is 0 Å². The van der Waals surface area contributed by atoms with Crippen LogP contribution in [0.4, 0.5) is 0 Å². The third-order valence-corrected chi connectivity index (χ3v) is 5.04. The van der Waals surface area contributed by atoms with Gasteiger partial charge in [0.15, 0.2) is 0 Å². The van der Waals surface area contributed by atoms with Crippen molar-refractivity contribution < 1.29 is 9.31 Å². The van der Waals surface area contributed by atoms with Crippen molar-refractivity contribution in [1.29, 1.82) is 0 Å². The van der Waals surface area contributed by atoms with Crippen LogP contribution in [0, 0.1) is 0 Å². The van der Waals surface area contributed by atoms with Gasteiger partial charge in [0.1, 0.15) is 0 Å². The van der Waals surface area contributed by atoms with Crippen molar-refractivity contribution >= 4 is 23.6 Å². The molecule has 24 heavy (non-hydrogen) atoms. The quantitative estimate of drug-likeness (QED) is 0.875. The molecule has 5 nitrogen and oxygen atoms in total. The van der Waals surface area contributed by atoms with E-state index in [9.17, 15) is 0 Å². The third-order valence-electron chi connectivity index (χ3n) is 5.04. The van der Waals surface area contributed by atoms with E-state index in [4.69, 9.17) is 19.3 Å². The van der Waals surface area contributed by atoms with Gasteiger partial charge in [-0.1, -0.05) is 19.9 Å². The zero-order valence-corrected chi connectivity index (χ0v) is 15.6. The average Bonchev–Trinajstić information content (AvgIpc) is 2.73. The Morgan fingerprint density at radius 2 is 1.38 bits per heavy atom. The van der Waals surface area contributed by atoms with Crippen LogP contribution in [-0.4, -0.2) is 28.3 Å². The molecule has 3 N–H and O–H groups in total. The first kappa shape index (κ1) is 18.8. The van der Waals surface area contributed by atoms with Gasteiger partial charge in [-0.25, -0.2) is 9.97 Å². The molecule has 0 radical (unpaired) electrons. The SMILES string of the molecule is CCc1nc2ccc(B3OC(C)(C)C(C)(C)O3)cc2nc1CC.N. The van der Waals surface area contributed by atoms with Gasteiger partial charge in [0.2, 0.25) is 0 Å². The molecular weight excluding hydrogens is 301 g/mol. The molecule has 1 fully saturated rings. The minimum absolute atomic E-state index is 0. The zero-order chi connectivity index (χ0) is 16.8. The maximum Gasteiger partial charge on any atom is 0.494 e. The normalized spacial score (nSPS) is 18.7. The summed E-state index contributed by atoms with van der Waals surface area (Å²) in [6.45, 7) is 12.5. The van der Waals surface area contributed by atoms with Gasteiger partial charge in [-0.05, 0) is 58.1 Å². The Labute approximate surface area is 144 Å². The Morgan fingerprint density at radius 3 is 1.88 bits per heavy atom. The van der Waals surface area contributed by atoms with Crippen LogP contribution in [0.3, 0.4) is 0 Å². The molecule has 1 saturated heterocycles. The number of fused-ring (bicyclic) bond motifs is 1. The van der Waals surface area contributed by atoms with E-state index in [2.05, 4.69) is 41.5 Å². The first-order valence-electron chi connectivity index (χ1n) is 8.42. The van der Waals surface area contributed by atoms with Gasteiger partial charge >= 0.3 is 7.12 Å². The Bertz CT molecular complexity index is 730. The van der Waals surface area contributed by atoms with E-state index in [1.165, 1.54) is 0 Å². The van der Waals surface area contributed by atoms with Crippen LogP contribution in [0.1, 0.15) is 52.9 Å². The van der Waals surface area contributed by atoms with Gasteiger partial charge < -0.3 is 15.5 Å². The highest BCUT2D eigenvalue weighted by Crippen LogP contribution is 2.36. The Morgan fingerprint density at radius 1 is 0.875 bits per heavy atom. The van der Waals surface area contributed by atoms with E-state index in [-0.39, 0.29) is 24.5 Å². The monoisotopic (exact) mass is 329 g/mol. The molecule has 0 saturated carbocycles. The lowest BCUT2D eigenvalue weighted by Gasteiger charge is -2.32. The molecule has 1 aliphatic heterocycles. The summed E-state index contributed by atoms with van der Waals surface area (Å²) in [4.78, 5) is 9.54. The Balaban J connectivity index is 0.00000208. The van der Waals surface area contributed by atoms with Gasteiger partial charge in [0.25, 0.3) is 0 Å². The fourth-order valence-electron chi connectivity index (χ4n) is 2.84. The molecule has 0 amide bonds. The number of rotatable bonds is 3. The van der Waals surface area contributed by atoms with Crippen LogP contribution in [-0.2, 0) is 22.2 Å². The molecular formula is C18H28BN3O2. The lowest BCUT2D eigenvalue weighted by atomic mass is 9.79. The largest absolute Gasteiger partial charge is 0.494 e. The molecule has 3 rings (SSSR count). The van der Waals surface area contributed by atoms with Crippen molar-refractivity contribution in [3.63, 3.8) is 0 Å². The maximum atomic E-state index is 6.13. The van der Waals surface area contributed by atoms with Gasteiger partial charge in [0, 0.05) is 0 Å². The van der Waals surface area contributed by atoms with Crippen molar-refractivity contribution in [3.8, 4) is 0 Å². The standard InChI is InChI=1S/C18H25BN2O2.H3N/c1-7-13-14(8-2)21-16-11-12(9-10-15(16)20-13)19-22-17(3,4)18(5,6)23-19;/h9-11H,7-8H2,1-6H3;1H3. The number of aromatic nitrogens is 2. The Hall–Kier alpha value is -1.50. The van der Waals surface area contributed by atoms with Crippen LogP contribution in [0.2, 0.25) is 0 Å². The van der Waals surface area contributed by atoms with Crippen molar-refractivity contribution in [2.45, 2.75) is 65.6 Å². The molecule has 1 aliphatic rings. The summed E-state index contributed by atoms with van der Waals surface area (Å²) in [6.07, 6.45) is 1.80. The molecule has 2 heterocycles. The Kier molecular flexibility index (Phi) is 5.05. The second-order valence-corrected chi connectivity index (χ2v) is 7.16. The molecule has 1 aromatic carbocycles. The smallest absolute Gasteiger partial charge is 0.399 e. The molecule has 0 aliphatic carbocycles. The van der Waals surface area contributed by atoms with Gasteiger partial charge in [-0.3, -0.25) is 0 Å². The van der Waals surface area contributed by atoms with E-state index in [0.717, 1.165) is 40.7 Å². The summed E-state index contributed by atoms with van der Waals surface area (Å²) >= 11 is 0. The van der Waals surface area contributed by atoms with Crippen LogP contribution in [0.25, 0.3) is 11.0 Å². The summed E-state index contributed by atoms with van der Waals surface area (Å²) < 4.78 is 12.3. The molecule has 0 unspecified atom stereocenters. The fraction of sp³-hybridized carbons (Fsp3) is 0.556. The molecule has 1 aromatic heterocycles. The van der Waals surface area contributed by atoms with E-state index >= 15 is 0 Å². The number of hydrogen-bond donors (Lipinski definition) is 1. The summed E-state index contributed by atoms with van der Waals surface area (Å²) in [5.41, 5.74) is 4.33. The van der Waals surface area contributed by atoms with Crippen molar-refractivity contribution in [1.82, 2.24) is 16.1 Å². The van der Waals surface area contributed by atoms with Crippen molar-refractivity contribution in [3.05, 3.63) is 29.6 Å². The molecule has 6 heteroatoms. The highest BCUT2D eigenvalue weighted by atomic mass is 16.7. The maximum absolute atomic E-state index is 6.13. The number of aryl methyl sites for hydroxylation is 2. The highest BCUT2D eigenvalue weighted by Gasteiger charge is 2.51. The molecule has 0 atom stereocenters. The topological polar surface area (TPSA) is 79.2 Å². The van der Waals surface area contributed by atoms with E-state index < -0.39 is 0 Å². The van der Waals surface area contributed by atoms with Crippen molar-refractivity contribution in [2.75, 3.05) is 0 Å². The van der Waals surface area contributed by atoms with Gasteiger partial charge in [0.05, 0.1) is 33.6 Å². The summed E-state index contributed by atoms with van der Waals surface area (Å²) in [5, 5.41) is 0. The fourth-order valence-corrected chi connectivity index (χ4v) is 2.84. The third kappa shape index (κ3) is 3.06. The molecule has 0 spiro atoms. The van der Waals surface area contributed by atoms with Crippen molar-refractivity contribution in [2.24, 2.45) is 0 Å². The van der Waals surface area contributed by atoms with Gasteiger partial charge in [-0.2, -0.15) is 0 Å². The predicted molar refractivity (Wildman–Crippen MR) is 99.0 cm³/mol. The number of hydrogen-bond acceptors (Lipinski definition) is 5. The van der Waals surface area contributed by atoms with E-state index in [0.29, 0.717) is 0 Å². The molecule has 0 bridgehead atoms. The molecule has 2 aromatic rings. The lowest BCUT2D eigenvalue weighted by molar-refractivity contribution is 0.00578. The van der Waals surface area contributed by atoms with E-state index in [1.54, 1.807) is 0 Å². The minimum atomic E-state index is -0.359. The van der Waals surface area contributed by atoms with Crippen LogP contribution >= 0.6 is 0 Å². The summed E-state index contributed by atoms with van der Waals surface area (Å²) in [6, 6.07) is 6.09. The van der Waals surface area contributed by atoms with Gasteiger partial charge in [-0.15, -0.1) is 0 Å². The average molecular weight is 329 g/mol. The van der Waals surface area contributed by atoms with Crippen LogP contribution in [0.15, 0.2) is 18.2 Å². The molecule has 130 valence electrons. The lowest BCUT2D eigenvalue weighted by Crippen LogP contribution is -2.41.